The Balaban J connectivity index is 2.38. The molecule has 1 aromatic heterocycles. The van der Waals surface area contributed by atoms with Crippen LogP contribution in [0, 0.1) is 0 Å². The highest BCUT2D eigenvalue weighted by molar-refractivity contribution is 7.04. The van der Waals surface area contributed by atoms with Crippen LogP contribution in [0.15, 0.2) is 60.8 Å². The minimum absolute atomic E-state index is 0.277. The molecule has 3 nitrogen and oxygen atoms in total. The molecule has 4 heteroatoms. The fourth-order valence-corrected chi connectivity index (χ4v) is 5.19. The van der Waals surface area contributed by atoms with Crippen LogP contribution >= 0.6 is 0 Å². The first-order valence-corrected chi connectivity index (χ1v) is 11.4. The van der Waals surface area contributed by atoms with Gasteiger partial charge in [0.15, 0.2) is 0 Å². The lowest BCUT2D eigenvalue weighted by molar-refractivity contribution is -0.137. The van der Waals surface area contributed by atoms with Gasteiger partial charge in [0, 0.05) is 12.3 Å². The number of carbonyl (C=O) groups excluding carboxylic acids is 1. The topological polar surface area (TPSA) is 39.2 Å². The first-order chi connectivity index (χ1) is 11.6. The SMILES string of the molecule is CCCCOC(=O)/C=C(\c1ccccn1)[Si](C)(C)c1ccccc1. The first-order valence-electron chi connectivity index (χ1n) is 8.41. The molecular weight excluding hydrogens is 314 g/mol. The molecule has 2 rings (SSSR count). The lowest BCUT2D eigenvalue weighted by atomic mass is 10.3. The van der Waals surface area contributed by atoms with Gasteiger partial charge in [-0.05, 0) is 23.7 Å². The molecule has 1 heterocycles. The maximum absolute atomic E-state index is 12.3. The highest BCUT2D eigenvalue weighted by Gasteiger charge is 2.31. The maximum atomic E-state index is 12.3. The number of hydrogen-bond donors (Lipinski definition) is 0. The van der Waals surface area contributed by atoms with Gasteiger partial charge in [0.2, 0.25) is 0 Å². The van der Waals surface area contributed by atoms with E-state index in [2.05, 4.69) is 37.1 Å². The summed E-state index contributed by atoms with van der Waals surface area (Å²) in [7, 11) is -2.06. The zero-order valence-electron chi connectivity index (χ0n) is 14.7. The number of nitrogens with zero attached hydrogens (tertiary/aromatic N) is 1. The van der Waals surface area contributed by atoms with Gasteiger partial charge in [-0.15, -0.1) is 0 Å². The Hall–Kier alpha value is -2.20. The van der Waals surface area contributed by atoms with Gasteiger partial charge in [0.1, 0.15) is 8.07 Å². The normalized spacial score (nSPS) is 12.0. The number of rotatable bonds is 7. The number of hydrogen-bond acceptors (Lipinski definition) is 3. The minimum atomic E-state index is -2.06. The van der Waals surface area contributed by atoms with E-state index >= 15 is 0 Å². The van der Waals surface area contributed by atoms with Gasteiger partial charge >= 0.3 is 5.97 Å². The Bertz CT molecular complexity index is 681. The third-order valence-electron chi connectivity index (χ3n) is 4.11. The zero-order valence-corrected chi connectivity index (χ0v) is 15.7. The second-order valence-corrected chi connectivity index (χ2v) is 10.7. The second kappa shape index (κ2) is 8.59. The first kappa shape index (κ1) is 18.1. The van der Waals surface area contributed by atoms with Crippen LogP contribution in [0.1, 0.15) is 25.5 Å². The summed E-state index contributed by atoms with van der Waals surface area (Å²) >= 11 is 0. The van der Waals surface area contributed by atoms with E-state index in [1.54, 1.807) is 12.3 Å². The Morgan fingerprint density at radius 2 is 1.83 bits per heavy atom. The molecule has 0 atom stereocenters. The lowest BCUT2D eigenvalue weighted by Gasteiger charge is -2.26. The summed E-state index contributed by atoms with van der Waals surface area (Å²) in [6, 6.07) is 16.2. The van der Waals surface area contributed by atoms with Crippen LogP contribution in [-0.2, 0) is 9.53 Å². The number of ether oxygens (including phenoxy) is 1. The molecule has 0 aliphatic rings. The minimum Gasteiger partial charge on any atom is -0.463 e. The van der Waals surface area contributed by atoms with Gasteiger partial charge in [0.25, 0.3) is 0 Å². The fraction of sp³-hybridized carbons (Fsp3) is 0.300. The molecule has 126 valence electrons. The maximum Gasteiger partial charge on any atom is 0.330 e. The van der Waals surface area contributed by atoms with Crippen LogP contribution in [0.4, 0.5) is 0 Å². The van der Waals surface area contributed by atoms with Crippen LogP contribution in [0.5, 0.6) is 0 Å². The van der Waals surface area contributed by atoms with Crippen molar-refractivity contribution in [2.24, 2.45) is 0 Å². The smallest absolute Gasteiger partial charge is 0.330 e. The average Bonchev–Trinajstić information content (AvgIpc) is 2.61. The highest BCUT2D eigenvalue weighted by atomic mass is 28.3. The molecular formula is C20H25NO2Si. The van der Waals surface area contributed by atoms with Crippen molar-refractivity contribution in [3.63, 3.8) is 0 Å². The predicted molar refractivity (Wildman–Crippen MR) is 102 cm³/mol. The molecule has 0 fully saturated rings. The standard InChI is InChI=1S/C20H25NO2Si/c1-4-5-15-23-20(22)16-19(18-13-9-10-14-21-18)24(2,3)17-11-7-6-8-12-17/h6-14,16H,4-5,15H2,1-3H3/b19-16+. The molecule has 2 aromatic rings. The molecule has 0 amide bonds. The van der Waals surface area contributed by atoms with Crippen LogP contribution in [0.25, 0.3) is 5.20 Å². The molecule has 24 heavy (non-hydrogen) atoms. The van der Waals surface area contributed by atoms with E-state index < -0.39 is 8.07 Å². The number of carbonyl (C=O) groups is 1. The molecule has 0 saturated heterocycles. The van der Waals surface area contributed by atoms with E-state index in [-0.39, 0.29) is 5.97 Å². The Labute approximate surface area is 145 Å². The monoisotopic (exact) mass is 339 g/mol. The third kappa shape index (κ3) is 4.65. The zero-order chi connectivity index (χ0) is 17.4. The van der Waals surface area contributed by atoms with Crippen molar-refractivity contribution in [2.45, 2.75) is 32.9 Å². The lowest BCUT2D eigenvalue weighted by Crippen LogP contribution is -2.43. The van der Waals surface area contributed by atoms with Crippen LogP contribution in [-0.4, -0.2) is 25.6 Å². The number of pyridine rings is 1. The van der Waals surface area contributed by atoms with Crippen LogP contribution in [0.3, 0.4) is 0 Å². The predicted octanol–water partition coefficient (Wildman–Crippen LogP) is 3.96. The van der Waals surface area contributed by atoms with Crippen molar-refractivity contribution >= 4 is 24.4 Å². The molecule has 0 saturated carbocycles. The number of esters is 1. The summed E-state index contributed by atoms with van der Waals surface area (Å²) in [5.41, 5.74) is 0.852. The van der Waals surface area contributed by atoms with E-state index in [0.29, 0.717) is 6.61 Å². The van der Waals surface area contributed by atoms with Crippen molar-refractivity contribution in [3.8, 4) is 0 Å². The Kier molecular flexibility index (Phi) is 6.50. The van der Waals surface area contributed by atoms with E-state index in [4.69, 9.17) is 4.74 Å². The van der Waals surface area contributed by atoms with Gasteiger partial charge in [-0.2, -0.15) is 0 Å². The third-order valence-corrected chi connectivity index (χ3v) is 7.64. The van der Waals surface area contributed by atoms with Gasteiger partial charge in [-0.1, -0.05) is 68.0 Å². The summed E-state index contributed by atoms with van der Waals surface area (Å²) in [5.74, 6) is -0.277. The summed E-state index contributed by atoms with van der Waals surface area (Å²) in [6.45, 7) is 7.02. The van der Waals surface area contributed by atoms with Gasteiger partial charge in [-0.25, -0.2) is 4.79 Å². The molecule has 0 radical (unpaired) electrons. The van der Waals surface area contributed by atoms with Crippen molar-refractivity contribution < 1.29 is 9.53 Å². The fourth-order valence-electron chi connectivity index (χ4n) is 2.58. The summed E-state index contributed by atoms with van der Waals surface area (Å²) < 4.78 is 5.34. The number of unbranched alkanes of at least 4 members (excludes halogenated alkanes) is 1. The molecule has 0 aliphatic carbocycles. The van der Waals surface area contributed by atoms with Crippen molar-refractivity contribution in [1.29, 1.82) is 0 Å². The van der Waals surface area contributed by atoms with Crippen LogP contribution in [0.2, 0.25) is 13.1 Å². The Morgan fingerprint density at radius 1 is 1.12 bits per heavy atom. The number of benzene rings is 1. The second-order valence-electron chi connectivity index (χ2n) is 6.29. The quantitative estimate of drug-likeness (QED) is 0.332. The summed E-state index contributed by atoms with van der Waals surface area (Å²) in [4.78, 5) is 16.8. The Morgan fingerprint density at radius 3 is 2.46 bits per heavy atom. The van der Waals surface area contributed by atoms with Crippen molar-refractivity contribution in [1.82, 2.24) is 4.98 Å². The van der Waals surface area contributed by atoms with Gasteiger partial charge < -0.3 is 4.74 Å². The summed E-state index contributed by atoms with van der Waals surface area (Å²) in [6.07, 6.45) is 5.31. The van der Waals surface area contributed by atoms with Gasteiger partial charge in [-0.3, -0.25) is 4.98 Å². The average molecular weight is 340 g/mol. The molecule has 0 N–H and O–H groups in total. The van der Waals surface area contributed by atoms with Crippen LogP contribution < -0.4 is 5.19 Å². The molecule has 1 aromatic carbocycles. The largest absolute Gasteiger partial charge is 0.463 e. The molecule has 0 unspecified atom stereocenters. The highest BCUT2D eigenvalue weighted by Crippen LogP contribution is 2.24. The molecule has 0 aliphatic heterocycles. The van der Waals surface area contributed by atoms with E-state index in [1.807, 2.05) is 36.4 Å². The molecule has 0 spiro atoms. The summed E-state index contributed by atoms with van der Waals surface area (Å²) in [5, 5.41) is 2.26. The van der Waals surface area contributed by atoms with Crippen molar-refractivity contribution in [2.75, 3.05) is 6.61 Å². The van der Waals surface area contributed by atoms with E-state index in [9.17, 15) is 4.79 Å². The molecule has 0 bridgehead atoms. The van der Waals surface area contributed by atoms with E-state index in [1.165, 1.54) is 5.19 Å². The van der Waals surface area contributed by atoms with Gasteiger partial charge in [0.05, 0.1) is 12.3 Å². The van der Waals surface area contributed by atoms with Crippen molar-refractivity contribution in [3.05, 3.63) is 66.5 Å². The number of aromatic nitrogens is 1. The van der Waals surface area contributed by atoms with E-state index in [0.717, 1.165) is 23.7 Å².